The fraction of sp³-hybridized carbons (Fsp3) is 0. The first-order valence-corrected chi connectivity index (χ1v) is 14.6. The second kappa shape index (κ2) is 10.2. The Kier molecular flexibility index (Phi) is 7.26. The summed E-state index contributed by atoms with van der Waals surface area (Å²) < 4.78 is 55.8. The zero-order valence-electron chi connectivity index (χ0n) is 17.8. The topological polar surface area (TPSA) is 121 Å². The highest BCUT2D eigenvalue weighted by Crippen LogP contribution is 2.22. The highest BCUT2D eigenvalue weighted by Gasteiger charge is 2.16. The minimum atomic E-state index is -3.79. The molecule has 0 spiro atoms. The van der Waals surface area contributed by atoms with Crippen LogP contribution in [-0.2, 0) is 20.0 Å². The average molecular weight is 593 g/mol. The lowest BCUT2D eigenvalue weighted by Crippen LogP contribution is -2.14. The molecular formula is C23H18BrN3O5S3. The van der Waals surface area contributed by atoms with Crippen molar-refractivity contribution >= 4 is 70.3 Å². The molecule has 1 heterocycles. The molecule has 0 radical (unpaired) electrons. The Hall–Kier alpha value is -3.19. The maximum Gasteiger partial charge on any atom is 0.271 e. The number of carbonyl (C=O) groups excluding carboxylic acids is 1. The summed E-state index contributed by atoms with van der Waals surface area (Å²) in [5.74, 6) is -0.429. The number of carbonyl (C=O) groups is 1. The van der Waals surface area contributed by atoms with Crippen LogP contribution in [0.2, 0.25) is 0 Å². The molecular weight excluding hydrogens is 574 g/mol. The van der Waals surface area contributed by atoms with E-state index in [2.05, 4.69) is 30.7 Å². The van der Waals surface area contributed by atoms with Crippen molar-refractivity contribution in [2.24, 2.45) is 0 Å². The van der Waals surface area contributed by atoms with Crippen LogP contribution < -0.4 is 14.8 Å². The Morgan fingerprint density at radius 1 is 0.686 bits per heavy atom. The Labute approximate surface area is 215 Å². The molecule has 180 valence electrons. The first-order chi connectivity index (χ1) is 16.6. The summed E-state index contributed by atoms with van der Waals surface area (Å²) in [7, 11) is -7.47. The monoisotopic (exact) mass is 591 g/mol. The van der Waals surface area contributed by atoms with Crippen LogP contribution in [-0.4, -0.2) is 22.7 Å². The quantitative estimate of drug-likeness (QED) is 0.254. The molecule has 3 N–H and O–H groups in total. The van der Waals surface area contributed by atoms with Gasteiger partial charge in [-0.25, -0.2) is 16.8 Å². The molecule has 1 amide bonds. The van der Waals surface area contributed by atoms with Crippen molar-refractivity contribution in [3.8, 4) is 0 Å². The third-order valence-electron chi connectivity index (χ3n) is 4.68. The summed E-state index contributed by atoms with van der Waals surface area (Å²) in [6.07, 6.45) is 0. The number of anilines is 3. The summed E-state index contributed by atoms with van der Waals surface area (Å²) in [4.78, 5) is 12.6. The largest absolute Gasteiger partial charge is 0.322 e. The van der Waals surface area contributed by atoms with Gasteiger partial charge in [-0.15, -0.1) is 11.3 Å². The van der Waals surface area contributed by atoms with E-state index in [1.54, 1.807) is 35.7 Å². The van der Waals surface area contributed by atoms with Crippen LogP contribution in [0.3, 0.4) is 0 Å². The minimum absolute atomic E-state index is 0.0424. The Morgan fingerprint density at radius 3 is 1.80 bits per heavy atom. The Balaban J connectivity index is 1.39. The van der Waals surface area contributed by atoms with Crippen molar-refractivity contribution < 1.29 is 21.6 Å². The number of hydrogen-bond donors (Lipinski definition) is 3. The molecule has 0 unspecified atom stereocenters. The van der Waals surface area contributed by atoms with Crippen LogP contribution >= 0.6 is 27.3 Å². The van der Waals surface area contributed by atoms with Crippen LogP contribution in [0.4, 0.5) is 17.1 Å². The number of benzene rings is 3. The third kappa shape index (κ3) is 6.28. The van der Waals surface area contributed by atoms with Crippen LogP contribution in [0.25, 0.3) is 0 Å². The van der Waals surface area contributed by atoms with E-state index in [4.69, 9.17) is 0 Å². The van der Waals surface area contributed by atoms with Gasteiger partial charge in [-0.05, 0) is 84.2 Å². The first kappa shape index (κ1) is 24.9. The van der Waals surface area contributed by atoms with Gasteiger partial charge in [-0.1, -0.05) is 22.0 Å². The van der Waals surface area contributed by atoms with Crippen molar-refractivity contribution in [1.82, 2.24) is 0 Å². The van der Waals surface area contributed by atoms with Crippen molar-refractivity contribution in [2.45, 2.75) is 9.10 Å². The van der Waals surface area contributed by atoms with Crippen LogP contribution in [0.1, 0.15) is 10.4 Å². The summed E-state index contributed by atoms with van der Waals surface area (Å²) in [5.41, 5.74) is 1.45. The predicted molar refractivity (Wildman–Crippen MR) is 141 cm³/mol. The smallest absolute Gasteiger partial charge is 0.271 e. The van der Waals surface area contributed by atoms with Gasteiger partial charge in [0.15, 0.2) is 0 Å². The number of rotatable bonds is 8. The maximum absolute atomic E-state index is 12.6. The van der Waals surface area contributed by atoms with Crippen molar-refractivity contribution in [3.63, 3.8) is 0 Å². The molecule has 0 saturated carbocycles. The molecule has 3 aromatic carbocycles. The lowest BCUT2D eigenvalue weighted by atomic mass is 10.2. The first-order valence-electron chi connectivity index (χ1n) is 9.99. The fourth-order valence-corrected chi connectivity index (χ4v) is 6.34. The molecule has 1 aromatic heterocycles. The second-order valence-electron chi connectivity index (χ2n) is 7.21. The molecule has 0 aliphatic rings. The van der Waals surface area contributed by atoms with Crippen LogP contribution in [0, 0.1) is 0 Å². The average Bonchev–Trinajstić information content (AvgIpc) is 3.37. The standard InChI is InChI=1S/C23H18BrN3O5S3/c24-17-5-9-20(10-6-17)26-34(29,30)21-13-11-18(12-14-21)25-23(28)16-3-7-19(8-4-16)27-35(31,32)22-2-1-15-33-22/h1-15,26-27H,(H,25,28). The normalized spacial score (nSPS) is 11.6. The molecule has 0 atom stereocenters. The van der Waals surface area contributed by atoms with E-state index in [0.29, 0.717) is 22.6 Å². The van der Waals surface area contributed by atoms with Gasteiger partial charge in [-0.2, -0.15) is 0 Å². The molecule has 12 heteroatoms. The zero-order chi connectivity index (χ0) is 25.1. The summed E-state index contributed by atoms with van der Waals surface area (Å²) in [6, 6.07) is 21.6. The SMILES string of the molecule is O=C(Nc1ccc(S(=O)(=O)Nc2ccc(Br)cc2)cc1)c1ccc(NS(=O)(=O)c2cccs2)cc1. The third-order valence-corrected chi connectivity index (χ3v) is 9.38. The Morgan fingerprint density at radius 2 is 1.23 bits per heavy atom. The van der Waals surface area contributed by atoms with E-state index in [0.717, 1.165) is 15.8 Å². The van der Waals surface area contributed by atoms with E-state index in [-0.39, 0.29) is 9.10 Å². The molecule has 0 fully saturated rings. The zero-order valence-corrected chi connectivity index (χ0v) is 21.8. The van der Waals surface area contributed by atoms with Gasteiger partial charge < -0.3 is 5.32 Å². The van der Waals surface area contributed by atoms with Gasteiger partial charge in [0.2, 0.25) is 0 Å². The molecule has 0 aliphatic heterocycles. The predicted octanol–water partition coefficient (Wildman–Crippen LogP) is 5.36. The van der Waals surface area contributed by atoms with Gasteiger partial charge >= 0.3 is 0 Å². The molecule has 0 saturated heterocycles. The number of hydrogen-bond acceptors (Lipinski definition) is 6. The van der Waals surface area contributed by atoms with Gasteiger partial charge in [0, 0.05) is 27.1 Å². The highest BCUT2D eigenvalue weighted by molar-refractivity contribution is 9.10. The number of halogens is 1. The molecule has 4 aromatic rings. The number of thiophene rings is 1. The van der Waals surface area contributed by atoms with Gasteiger partial charge in [0.25, 0.3) is 26.0 Å². The molecule has 35 heavy (non-hydrogen) atoms. The molecule has 0 aliphatic carbocycles. The number of nitrogens with one attached hydrogen (secondary N) is 3. The number of sulfonamides is 2. The van der Waals surface area contributed by atoms with E-state index in [1.165, 1.54) is 54.6 Å². The van der Waals surface area contributed by atoms with Crippen LogP contribution in [0.5, 0.6) is 0 Å². The Bertz CT molecular complexity index is 1540. The van der Waals surface area contributed by atoms with Crippen molar-refractivity contribution in [3.05, 3.63) is 100 Å². The van der Waals surface area contributed by atoms with Gasteiger partial charge in [-0.3, -0.25) is 14.2 Å². The van der Waals surface area contributed by atoms with Gasteiger partial charge in [0.1, 0.15) is 4.21 Å². The molecule has 0 bridgehead atoms. The van der Waals surface area contributed by atoms with Crippen molar-refractivity contribution in [2.75, 3.05) is 14.8 Å². The van der Waals surface area contributed by atoms with Crippen molar-refractivity contribution in [1.29, 1.82) is 0 Å². The lowest BCUT2D eigenvalue weighted by molar-refractivity contribution is 0.102. The van der Waals surface area contributed by atoms with Gasteiger partial charge in [0.05, 0.1) is 4.90 Å². The number of amides is 1. The molecule has 8 nitrogen and oxygen atoms in total. The lowest BCUT2D eigenvalue weighted by Gasteiger charge is -2.10. The highest BCUT2D eigenvalue weighted by atomic mass is 79.9. The van der Waals surface area contributed by atoms with E-state index in [1.807, 2.05) is 0 Å². The maximum atomic E-state index is 12.6. The second-order valence-corrected chi connectivity index (χ2v) is 12.7. The summed E-state index contributed by atoms with van der Waals surface area (Å²) in [5, 5.41) is 4.36. The summed E-state index contributed by atoms with van der Waals surface area (Å²) in [6.45, 7) is 0. The van der Waals surface area contributed by atoms with E-state index >= 15 is 0 Å². The minimum Gasteiger partial charge on any atom is -0.322 e. The van der Waals surface area contributed by atoms with Crippen LogP contribution in [0.15, 0.2) is 104 Å². The molecule has 4 rings (SSSR count). The fourth-order valence-electron chi connectivity index (χ4n) is 2.96. The van der Waals surface area contributed by atoms with E-state index in [9.17, 15) is 21.6 Å². The van der Waals surface area contributed by atoms with E-state index < -0.39 is 26.0 Å². The summed E-state index contributed by atoms with van der Waals surface area (Å²) >= 11 is 4.40.